The molecule has 0 saturated carbocycles. The van der Waals surface area contributed by atoms with Crippen molar-refractivity contribution in [3.63, 3.8) is 0 Å². The number of hydrogen-bond donors (Lipinski definition) is 1. The molecule has 1 aromatic heterocycles. The van der Waals surface area contributed by atoms with Crippen LogP contribution in [0.25, 0.3) is 21.7 Å². The topological polar surface area (TPSA) is 91.8 Å². The Morgan fingerprint density at radius 3 is 2.44 bits per heavy atom. The van der Waals surface area contributed by atoms with Crippen molar-refractivity contribution in [2.24, 2.45) is 11.7 Å². The zero-order chi connectivity index (χ0) is 18.8. The summed E-state index contributed by atoms with van der Waals surface area (Å²) in [5.41, 5.74) is 6.29. The summed E-state index contributed by atoms with van der Waals surface area (Å²) in [5.74, 6) is 0.103. The van der Waals surface area contributed by atoms with Crippen molar-refractivity contribution in [2.45, 2.75) is 26.5 Å². The number of esters is 1. The first-order valence-electron chi connectivity index (χ1n) is 8.37. The van der Waals surface area contributed by atoms with E-state index in [0.717, 1.165) is 10.8 Å². The molecule has 2 N–H and O–H groups in total. The third kappa shape index (κ3) is 4.14. The molecule has 0 spiro atoms. The number of benzene rings is 2. The van der Waals surface area contributed by atoms with Gasteiger partial charge in [0.05, 0.1) is 7.11 Å². The molecule has 7 heteroatoms. The molecule has 3 aromatic rings. The second-order valence-corrected chi connectivity index (χ2v) is 6.47. The second-order valence-electron chi connectivity index (χ2n) is 6.47. The van der Waals surface area contributed by atoms with Gasteiger partial charge in [0.25, 0.3) is 0 Å². The van der Waals surface area contributed by atoms with Crippen LogP contribution >= 0.6 is 17.0 Å². The van der Waals surface area contributed by atoms with E-state index in [2.05, 4.69) is 0 Å². The van der Waals surface area contributed by atoms with Crippen LogP contribution in [0.1, 0.15) is 19.4 Å². The van der Waals surface area contributed by atoms with Gasteiger partial charge >= 0.3 is 11.6 Å². The summed E-state index contributed by atoms with van der Waals surface area (Å²) >= 11 is 0. The quantitative estimate of drug-likeness (QED) is 0.374. The Balaban J connectivity index is 0.00000261. The highest BCUT2D eigenvalue weighted by Gasteiger charge is 2.20. The van der Waals surface area contributed by atoms with Gasteiger partial charge in [-0.15, -0.1) is 17.0 Å². The highest BCUT2D eigenvalue weighted by Crippen LogP contribution is 2.34. The molecule has 0 aliphatic heterocycles. The van der Waals surface area contributed by atoms with E-state index in [0.29, 0.717) is 22.3 Å². The molecule has 2 aromatic carbocycles. The maximum Gasteiger partial charge on any atom is 0.336 e. The van der Waals surface area contributed by atoms with Crippen LogP contribution in [0.3, 0.4) is 0 Å². The van der Waals surface area contributed by atoms with Crippen LogP contribution in [-0.2, 0) is 16.1 Å². The van der Waals surface area contributed by atoms with Gasteiger partial charge in [-0.1, -0.05) is 38.1 Å². The fraction of sp³-hybridized carbons (Fsp3) is 0.300. The summed E-state index contributed by atoms with van der Waals surface area (Å²) < 4.78 is 16.2. The molecule has 0 radical (unpaired) electrons. The van der Waals surface area contributed by atoms with Crippen molar-refractivity contribution < 1.29 is 18.7 Å². The van der Waals surface area contributed by atoms with Gasteiger partial charge in [-0.05, 0) is 12.0 Å². The summed E-state index contributed by atoms with van der Waals surface area (Å²) in [4.78, 5) is 24.1. The summed E-state index contributed by atoms with van der Waals surface area (Å²) in [6, 6.07) is 9.88. The Morgan fingerprint density at radius 2 is 1.81 bits per heavy atom. The lowest BCUT2D eigenvalue weighted by atomic mass is 10.0. The van der Waals surface area contributed by atoms with Crippen molar-refractivity contribution in [3.8, 4) is 5.75 Å². The highest BCUT2D eigenvalue weighted by atomic mass is 79.9. The Hall–Kier alpha value is -2.38. The van der Waals surface area contributed by atoms with E-state index in [1.165, 1.54) is 6.07 Å². The van der Waals surface area contributed by atoms with E-state index in [4.69, 9.17) is 19.6 Å². The Kier molecular flexibility index (Phi) is 6.62. The molecule has 1 atom stereocenters. The number of nitrogens with two attached hydrogens (primary N) is 1. The first kappa shape index (κ1) is 20.9. The molecule has 6 nitrogen and oxygen atoms in total. The van der Waals surface area contributed by atoms with Crippen LogP contribution in [0.15, 0.2) is 45.6 Å². The van der Waals surface area contributed by atoms with E-state index in [9.17, 15) is 9.59 Å². The van der Waals surface area contributed by atoms with Crippen molar-refractivity contribution in [2.75, 3.05) is 7.11 Å². The molecule has 0 aliphatic carbocycles. The minimum absolute atomic E-state index is 0. The highest BCUT2D eigenvalue weighted by molar-refractivity contribution is 8.93. The molecular formula is C20H22BrNO5. The summed E-state index contributed by atoms with van der Waals surface area (Å²) in [6.45, 7) is 3.62. The average Bonchev–Trinajstić information content (AvgIpc) is 2.64. The number of ether oxygens (including phenoxy) is 2. The summed E-state index contributed by atoms with van der Waals surface area (Å²) in [5, 5.41) is 2.25. The molecule has 0 saturated heterocycles. The monoisotopic (exact) mass is 435 g/mol. The van der Waals surface area contributed by atoms with Gasteiger partial charge in [0.1, 0.15) is 24.0 Å². The maximum absolute atomic E-state index is 12.0. The molecular weight excluding hydrogens is 414 g/mol. The van der Waals surface area contributed by atoms with Crippen molar-refractivity contribution in [3.05, 3.63) is 52.4 Å². The van der Waals surface area contributed by atoms with Gasteiger partial charge in [-0.25, -0.2) is 4.79 Å². The summed E-state index contributed by atoms with van der Waals surface area (Å²) in [6.07, 6.45) is 0. The molecule has 0 bridgehead atoms. The number of hydrogen-bond acceptors (Lipinski definition) is 6. The Morgan fingerprint density at radius 1 is 1.15 bits per heavy atom. The standard InChI is InChI=1S/C20H21NO5.BrH/c1-11(2)18(21)20(23)25-10-12-8-17(22)26-19-14-7-5-4-6-13(14)16(24-3)9-15(12)19;/h4-9,11,18H,10,21H2,1-3H3;1H/t18-;/m0./s1. The maximum atomic E-state index is 12.0. The zero-order valence-electron chi connectivity index (χ0n) is 15.4. The third-order valence-electron chi connectivity index (χ3n) is 4.38. The lowest BCUT2D eigenvalue weighted by Crippen LogP contribution is -2.36. The van der Waals surface area contributed by atoms with Crippen LogP contribution in [0.2, 0.25) is 0 Å². The number of halogens is 1. The Labute approximate surface area is 167 Å². The molecule has 0 unspecified atom stereocenters. The van der Waals surface area contributed by atoms with Crippen molar-refractivity contribution in [1.29, 1.82) is 0 Å². The SMILES string of the molecule is Br.COc1cc2c(COC(=O)[C@@H](N)C(C)C)cc(=O)oc2c2ccccc12. The van der Waals surface area contributed by atoms with Crippen molar-refractivity contribution in [1.82, 2.24) is 0 Å². The molecule has 27 heavy (non-hydrogen) atoms. The fourth-order valence-electron chi connectivity index (χ4n) is 2.82. The van der Waals surface area contributed by atoms with Gasteiger partial charge in [-0.3, -0.25) is 4.79 Å². The predicted octanol–water partition coefficient (Wildman–Crippen LogP) is 3.56. The molecule has 0 amide bonds. The average molecular weight is 436 g/mol. The largest absolute Gasteiger partial charge is 0.496 e. The first-order valence-corrected chi connectivity index (χ1v) is 8.37. The number of methoxy groups -OCH3 is 1. The van der Waals surface area contributed by atoms with E-state index in [-0.39, 0.29) is 29.5 Å². The van der Waals surface area contributed by atoms with Crippen LogP contribution in [-0.4, -0.2) is 19.1 Å². The van der Waals surface area contributed by atoms with Crippen LogP contribution < -0.4 is 16.1 Å². The zero-order valence-corrected chi connectivity index (χ0v) is 17.1. The number of fused-ring (bicyclic) bond motifs is 3. The molecule has 0 aliphatic rings. The van der Waals surface area contributed by atoms with E-state index < -0.39 is 17.6 Å². The molecule has 0 fully saturated rings. The van der Waals surface area contributed by atoms with E-state index in [1.807, 2.05) is 38.1 Å². The van der Waals surface area contributed by atoms with Crippen molar-refractivity contribution >= 4 is 44.7 Å². The number of rotatable bonds is 5. The van der Waals surface area contributed by atoms with Gasteiger partial charge in [-0.2, -0.15) is 0 Å². The van der Waals surface area contributed by atoms with Crippen LogP contribution in [0.4, 0.5) is 0 Å². The Bertz CT molecular complexity index is 1030. The number of carbonyl (C=O) groups is 1. The lowest BCUT2D eigenvalue weighted by Gasteiger charge is -2.15. The molecule has 1 heterocycles. The van der Waals surface area contributed by atoms with E-state index >= 15 is 0 Å². The smallest absolute Gasteiger partial charge is 0.336 e. The van der Waals surface area contributed by atoms with Crippen LogP contribution in [0, 0.1) is 5.92 Å². The van der Waals surface area contributed by atoms with Gasteiger partial charge in [0, 0.05) is 27.8 Å². The molecule has 144 valence electrons. The normalized spacial score (nSPS) is 12.0. The minimum atomic E-state index is -0.711. The minimum Gasteiger partial charge on any atom is -0.496 e. The third-order valence-corrected chi connectivity index (χ3v) is 4.38. The van der Waals surface area contributed by atoms with Crippen LogP contribution in [0.5, 0.6) is 5.75 Å². The van der Waals surface area contributed by atoms with Gasteiger partial charge in [0.15, 0.2) is 0 Å². The molecule has 3 rings (SSSR count). The fourth-order valence-corrected chi connectivity index (χ4v) is 2.82. The summed E-state index contributed by atoms with van der Waals surface area (Å²) in [7, 11) is 1.58. The second kappa shape index (κ2) is 8.54. The van der Waals surface area contributed by atoms with Gasteiger partial charge in [0.2, 0.25) is 0 Å². The first-order chi connectivity index (χ1) is 12.4. The number of carbonyl (C=O) groups excluding carboxylic acids is 1. The van der Waals surface area contributed by atoms with Gasteiger partial charge < -0.3 is 19.6 Å². The predicted molar refractivity (Wildman–Crippen MR) is 109 cm³/mol. The lowest BCUT2D eigenvalue weighted by molar-refractivity contribution is -0.147. The van der Waals surface area contributed by atoms with E-state index in [1.54, 1.807) is 13.2 Å².